The van der Waals surface area contributed by atoms with E-state index in [-0.39, 0.29) is 0 Å². The van der Waals surface area contributed by atoms with Crippen molar-refractivity contribution in [3.05, 3.63) is 28.8 Å². The van der Waals surface area contributed by atoms with Crippen molar-refractivity contribution in [1.29, 1.82) is 0 Å². The lowest BCUT2D eigenvalue weighted by atomic mass is 9.79. The maximum Gasteiger partial charge on any atom is 0.489 e. The van der Waals surface area contributed by atoms with Crippen LogP contribution in [0.1, 0.15) is 5.56 Å². The van der Waals surface area contributed by atoms with Crippen molar-refractivity contribution in [2.75, 3.05) is 7.05 Å². The number of halogens is 1. The molecule has 1 rings (SSSR count). The Morgan fingerprint density at radius 1 is 1.47 bits per heavy atom. The van der Waals surface area contributed by atoms with Gasteiger partial charge in [-0.05, 0) is 13.0 Å². The van der Waals surface area contributed by atoms with Crippen LogP contribution in [0.3, 0.4) is 0 Å². The number of aryl methyl sites for hydroxylation is 1. The summed E-state index contributed by atoms with van der Waals surface area (Å²) in [6.45, 7) is 1.86. The minimum absolute atomic E-state index is 0.353. The molecule has 0 aliphatic rings. The molecule has 0 aliphatic heterocycles. The Bertz CT molecular complexity index is 364. The molecule has 6 heteroatoms. The van der Waals surface area contributed by atoms with Crippen molar-refractivity contribution < 1.29 is 14.8 Å². The second-order valence-corrected chi connectivity index (χ2v) is 3.12. The molecule has 0 aliphatic carbocycles. The number of rotatable bonds is 1. The van der Waals surface area contributed by atoms with Crippen LogP contribution in [0.15, 0.2) is 23.2 Å². The minimum Gasteiger partial charge on any atom is -0.423 e. The first kappa shape index (κ1) is 13.9. The number of carbonyl (C=O) groups excluding carboxylic acids is 1. The molecule has 1 aromatic rings. The van der Waals surface area contributed by atoms with E-state index in [1.807, 2.05) is 13.0 Å². The highest BCUT2D eigenvalue weighted by atomic mass is 35.5. The van der Waals surface area contributed by atoms with Gasteiger partial charge in [0.2, 0.25) is 6.08 Å². The molecular weight excluding hydrogens is 216 g/mol. The van der Waals surface area contributed by atoms with Crippen molar-refractivity contribution in [3.63, 3.8) is 0 Å². The first-order valence-electron chi connectivity index (χ1n) is 4.11. The average molecular weight is 227 g/mol. The van der Waals surface area contributed by atoms with Crippen LogP contribution in [0.2, 0.25) is 5.02 Å². The third-order valence-corrected chi connectivity index (χ3v) is 1.87. The highest BCUT2D eigenvalue weighted by Crippen LogP contribution is 2.06. The molecule has 0 amide bonds. The Hall–Kier alpha value is -1.13. The van der Waals surface area contributed by atoms with Crippen LogP contribution in [0.5, 0.6) is 0 Å². The molecule has 15 heavy (non-hydrogen) atoms. The summed E-state index contributed by atoms with van der Waals surface area (Å²) < 4.78 is 0. The molecule has 0 spiro atoms. The molecule has 0 heterocycles. The highest BCUT2D eigenvalue weighted by molar-refractivity contribution is 6.62. The van der Waals surface area contributed by atoms with Gasteiger partial charge in [-0.15, -0.1) is 0 Å². The van der Waals surface area contributed by atoms with Gasteiger partial charge in [0.1, 0.15) is 0 Å². The smallest absolute Gasteiger partial charge is 0.423 e. The summed E-state index contributed by atoms with van der Waals surface area (Å²) >= 11 is 5.67. The van der Waals surface area contributed by atoms with Crippen LogP contribution < -0.4 is 5.46 Å². The van der Waals surface area contributed by atoms with Crippen LogP contribution in [0.4, 0.5) is 0 Å². The number of hydrogen-bond donors (Lipinski definition) is 2. The fourth-order valence-electron chi connectivity index (χ4n) is 0.861. The van der Waals surface area contributed by atoms with Gasteiger partial charge in [-0.2, -0.15) is 0 Å². The average Bonchev–Trinajstić information content (AvgIpc) is 2.22. The molecule has 0 fully saturated rings. The van der Waals surface area contributed by atoms with E-state index in [0.717, 1.165) is 5.56 Å². The van der Waals surface area contributed by atoms with E-state index < -0.39 is 7.12 Å². The van der Waals surface area contributed by atoms with Gasteiger partial charge in [0.15, 0.2) is 0 Å². The number of isocyanates is 1. The molecule has 2 N–H and O–H groups in total. The fourth-order valence-corrected chi connectivity index (χ4v) is 1.08. The summed E-state index contributed by atoms with van der Waals surface area (Å²) in [5.74, 6) is 0. The van der Waals surface area contributed by atoms with Crippen molar-refractivity contribution >= 4 is 30.3 Å². The Kier molecular flexibility index (Phi) is 6.66. The lowest BCUT2D eigenvalue weighted by Gasteiger charge is -2.02. The molecule has 0 unspecified atom stereocenters. The predicted octanol–water partition coefficient (Wildman–Crippen LogP) is 0.280. The third-order valence-electron chi connectivity index (χ3n) is 1.52. The zero-order chi connectivity index (χ0) is 11.8. The van der Waals surface area contributed by atoms with E-state index in [2.05, 4.69) is 4.99 Å². The summed E-state index contributed by atoms with van der Waals surface area (Å²) in [5.41, 5.74) is 1.31. The van der Waals surface area contributed by atoms with Crippen LogP contribution in [-0.4, -0.2) is 30.3 Å². The number of benzene rings is 1. The first-order chi connectivity index (χ1) is 7.02. The SMILES string of the molecule is CN=C=O.Cc1ccc(Cl)c(B(O)O)c1. The number of nitrogens with zero attached hydrogens (tertiary/aromatic N) is 1. The monoisotopic (exact) mass is 227 g/mol. The largest absolute Gasteiger partial charge is 0.489 e. The quantitative estimate of drug-likeness (QED) is 0.411. The van der Waals surface area contributed by atoms with E-state index in [9.17, 15) is 0 Å². The molecule has 80 valence electrons. The van der Waals surface area contributed by atoms with E-state index in [1.54, 1.807) is 12.1 Å². The second kappa shape index (κ2) is 7.20. The summed E-state index contributed by atoms with van der Waals surface area (Å²) in [6.07, 6.45) is 1.31. The third kappa shape index (κ3) is 5.35. The standard InChI is InChI=1S/C7H8BClO2.C2H3NO/c1-5-2-3-7(9)6(4-5)8(10)11;1-3-2-4/h2-4,10-11H,1H3;1H3. The second-order valence-electron chi connectivity index (χ2n) is 2.71. The van der Waals surface area contributed by atoms with Crippen molar-refractivity contribution in [3.8, 4) is 0 Å². The first-order valence-corrected chi connectivity index (χ1v) is 4.48. The van der Waals surface area contributed by atoms with Gasteiger partial charge in [0.05, 0.1) is 0 Å². The summed E-state index contributed by atoms with van der Waals surface area (Å²) in [4.78, 5) is 11.8. The van der Waals surface area contributed by atoms with Gasteiger partial charge in [0, 0.05) is 17.5 Å². The maximum atomic E-state index is 8.88. The Labute approximate surface area is 93.4 Å². The molecule has 0 atom stereocenters. The van der Waals surface area contributed by atoms with Crippen LogP contribution in [0, 0.1) is 6.92 Å². The van der Waals surface area contributed by atoms with Crippen molar-refractivity contribution in [2.24, 2.45) is 4.99 Å². The lowest BCUT2D eigenvalue weighted by Crippen LogP contribution is -2.30. The minimum atomic E-state index is -1.48. The Balaban J connectivity index is 0.000000423. The zero-order valence-corrected chi connectivity index (χ0v) is 9.19. The predicted molar refractivity (Wildman–Crippen MR) is 60.1 cm³/mol. The molecular formula is C9H11BClNO3. The van der Waals surface area contributed by atoms with E-state index in [1.165, 1.54) is 13.1 Å². The van der Waals surface area contributed by atoms with Gasteiger partial charge in [-0.25, -0.2) is 9.79 Å². The summed E-state index contributed by atoms with van der Waals surface area (Å²) in [6, 6.07) is 5.10. The molecule has 0 bridgehead atoms. The van der Waals surface area contributed by atoms with Crippen molar-refractivity contribution in [1.82, 2.24) is 0 Å². The molecule has 1 aromatic carbocycles. The molecule has 0 radical (unpaired) electrons. The molecule has 0 saturated heterocycles. The van der Waals surface area contributed by atoms with Gasteiger partial charge >= 0.3 is 7.12 Å². The maximum absolute atomic E-state index is 8.88. The zero-order valence-electron chi connectivity index (χ0n) is 8.44. The highest BCUT2D eigenvalue weighted by Gasteiger charge is 2.14. The normalized spacial score (nSPS) is 8.33. The van der Waals surface area contributed by atoms with Crippen LogP contribution >= 0.6 is 11.6 Å². The van der Waals surface area contributed by atoms with Gasteiger partial charge in [-0.3, -0.25) is 0 Å². The number of aliphatic imine (C=N–C) groups is 1. The van der Waals surface area contributed by atoms with Gasteiger partial charge in [-0.1, -0.05) is 29.3 Å². The summed E-state index contributed by atoms with van der Waals surface area (Å²) in [5, 5.41) is 18.0. The van der Waals surface area contributed by atoms with Gasteiger partial charge in [0.25, 0.3) is 0 Å². The van der Waals surface area contributed by atoms with Crippen LogP contribution in [0.25, 0.3) is 0 Å². The van der Waals surface area contributed by atoms with E-state index in [0.29, 0.717) is 10.5 Å². The molecule has 4 nitrogen and oxygen atoms in total. The Morgan fingerprint density at radius 2 is 2.00 bits per heavy atom. The molecule has 0 saturated carbocycles. The van der Waals surface area contributed by atoms with Crippen LogP contribution in [-0.2, 0) is 4.79 Å². The van der Waals surface area contributed by atoms with E-state index >= 15 is 0 Å². The van der Waals surface area contributed by atoms with Gasteiger partial charge < -0.3 is 10.0 Å². The fraction of sp³-hybridized carbons (Fsp3) is 0.222. The topological polar surface area (TPSA) is 69.9 Å². The number of hydrogen-bond acceptors (Lipinski definition) is 4. The lowest BCUT2D eigenvalue weighted by molar-refractivity contribution is 0.426. The van der Waals surface area contributed by atoms with Crippen molar-refractivity contribution in [2.45, 2.75) is 6.92 Å². The Morgan fingerprint density at radius 3 is 2.33 bits per heavy atom. The molecule has 0 aromatic heterocycles. The summed E-state index contributed by atoms with van der Waals surface area (Å²) in [7, 11) is -0.102. The van der Waals surface area contributed by atoms with E-state index in [4.69, 9.17) is 26.4 Å².